The number of carbonyl (C=O) groups excluding carboxylic acids is 1. The van der Waals surface area contributed by atoms with Gasteiger partial charge < -0.3 is 9.64 Å². The molecule has 0 amide bonds. The van der Waals surface area contributed by atoms with E-state index < -0.39 is 5.54 Å². The minimum Gasteiger partial charge on any atom is -0.465 e. The monoisotopic (exact) mass is 294 g/mol. The smallest absolute Gasteiger partial charge is 0.326 e. The lowest BCUT2D eigenvalue weighted by molar-refractivity contribution is -0.154. The van der Waals surface area contributed by atoms with Crippen LogP contribution in [0.2, 0.25) is 0 Å². The molecule has 2 atom stereocenters. The molecule has 4 heteroatoms. The predicted molar refractivity (Wildman–Crippen MR) is 83.2 cm³/mol. The van der Waals surface area contributed by atoms with Crippen molar-refractivity contribution in [1.29, 1.82) is 0 Å². The van der Waals surface area contributed by atoms with E-state index in [0.717, 1.165) is 25.3 Å². The molecule has 3 aliphatic carbocycles. The zero-order chi connectivity index (χ0) is 14.9. The summed E-state index contributed by atoms with van der Waals surface area (Å²) in [4.78, 5) is 15.1. The summed E-state index contributed by atoms with van der Waals surface area (Å²) in [5, 5.41) is 3.65. The topological polar surface area (TPSA) is 41.6 Å². The van der Waals surface area contributed by atoms with Crippen LogP contribution in [0.3, 0.4) is 0 Å². The van der Waals surface area contributed by atoms with Crippen LogP contribution in [0.25, 0.3) is 0 Å². The van der Waals surface area contributed by atoms with Gasteiger partial charge in [-0.1, -0.05) is 6.42 Å². The second-order valence-corrected chi connectivity index (χ2v) is 7.22. The van der Waals surface area contributed by atoms with Crippen LogP contribution in [-0.2, 0) is 9.53 Å². The van der Waals surface area contributed by atoms with Gasteiger partial charge in [-0.25, -0.2) is 0 Å². The molecule has 0 aromatic heterocycles. The zero-order valence-corrected chi connectivity index (χ0v) is 13.6. The first-order valence-corrected chi connectivity index (χ1v) is 8.81. The van der Waals surface area contributed by atoms with Gasteiger partial charge in [0.05, 0.1) is 6.61 Å². The number of carbonyl (C=O) groups is 1. The summed E-state index contributed by atoms with van der Waals surface area (Å²) in [6.07, 6.45) is 10.7. The summed E-state index contributed by atoms with van der Waals surface area (Å²) in [5.41, 5.74) is -0.419. The molecule has 3 saturated carbocycles. The van der Waals surface area contributed by atoms with Crippen LogP contribution in [0.4, 0.5) is 0 Å². The van der Waals surface area contributed by atoms with Crippen molar-refractivity contribution in [3.8, 4) is 0 Å². The van der Waals surface area contributed by atoms with Crippen LogP contribution in [0.1, 0.15) is 64.7 Å². The molecule has 3 rings (SSSR count). The van der Waals surface area contributed by atoms with Crippen LogP contribution in [0.15, 0.2) is 0 Å². The maximum Gasteiger partial charge on any atom is 0.326 e. The highest BCUT2D eigenvalue weighted by Crippen LogP contribution is 2.37. The molecule has 120 valence electrons. The fourth-order valence-corrected chi connectivity index (χ4v) is 3.95. The third-order valence-corrected chi connectivity index (χ3v) is 5.68. The van der Waals surface area contributed by atoms with Gasteiger partial charge in [-0.3, -0.25) is 10.1 Å². The average Bonchev–Trinajstić information content (AvgIpc) is 3.21. The summed E-state index contributed by atoms with van der Waals surface area (Å²) in [6, 6.07) is 1.82. The third-order valence-electron chi connectivity index (χ3n) is 5.68. The van der Waals surface area contributed by atoms with Gasteiger partial charge >= 0.3 is 5.97 Å². The van der Waals surface area contributed by atoms with Gasteiger partial charge in [0.15, 0.2) is 0 Å². The van der Waals surface area contributed by atoms with E-state index in [-0.39, 0.29) is 5.97 Å². The first kappa shape index (κ1) is 15.3. The molecule has 0 bridgehead atoms. The molecule has 21 heavy (non-hydrogen) atoms. The van der Waals surface area contributed by atoms with Crippen molar-refractivity contribution in [2.24, 2.45) is 0 Å². The van der Waals surface area contributed by atoms with E-state index in [9.17, 15) is 4.79 Å². The van der Waals surface area contributed by atoms with Gasteiger partial charge in [-0.05, 0) is 65.3 Å². The van der Waals surface area contributed by atoms with Gasteiger partial charge in [-0.15, -0.1) is 0 Å². The molecule has 0 spiro atoms. The van der Waals surface area contributed by atoms with Crippen molar-refractivity contribution in [3.05, 3.63) is 0 Å². The number of hydrogen-bond donors (Lipinski definition) is 1. The predicted octanol–water partition coefficient (Wildman–Crippen LogP) is 2.47. The Bertz CT molecular complexity index is 379. The maximum absolute atomic E-state index is 12.6. The number of hydrogen-bond acceptors (Lipinski definition) is 4. The van der Waals surface area contributed by atoms with E-state index in [1.165, 1.54) is 38.5 Å². The molecule has 0 aliphatic heterocycles. The highest BCUT2D eigenvalue weighted by molar-refractivity contribution is 5.81. The lowest BCUT2D eigenvalue weighted by Gasteiger charge is -2.47. The standard InChI is InChI=1S/C17H30N2O2/c1-3-21-16(20)17(18-13-9-10-13)11-5-8-15(12-17)19(2)14-6-4-7-14/h13-15,18H,3-12H2,1-2H3. The lowest BCUT2D eigenvalue weighted by atomic mass is 9.77. The van der Waals surface area contributed by atoms with Crippen molar-refractivity contribution in [2.75, 3.05) is 13.7 Å². The molecular weight excluding hydrogens is 264 g/mol. The molecule has 0 aromatic rings. The van der Waals surface area contributed by atoms with Gasteiger partial charge in [-0.2, -0.15) is 0 Å². The number of rotatable bonds is 6. The fraction of sp³-hybridized carbons (Fsp3) is 0.941. The Kier molecular flexibility index (Phi) is 4.55. The first-order valence-electron chi connectivity index (χ1n) is 8.81. The largest absolute Gasteiger partial charge is 0.465 e. The Labute approximate surface area is 128 Å². The fourth-order valence-electron chi connectivity index (χ4n) is 3.95. The van der Waals surface area contributed by atoms with Crippen LogP contribution in [0, 0.1) is 0 Å². The normalized spacial score (nSPS) is 33.8. The Morgan fingerprint density at radius 2 is 1.90 bits per heavy atom. The third kappa shape index (κ3) is 3.26. The van der Waals surface area contributed by atoms with E-state index in [4.69, 9.17) is 4.74 Å². The van der Waals surface area contributed by atoms with Gasteiger partial charge in [0.2, 0.25) is 0 Å². The van der Waals surface area contributed by atoms with E-state index in [1.54, 1.807) is 0 Å². The summed E-state index contributed by atoms with van der Waals surface area (Å²) in [5.74, 6) is -0.0105. The Balaban J connectivity index is 1.69. The second-order valence-electron chi connectivity index (χ2n) is 7.22. The molecule has 3 fully saturated rings. The van der Waals surface area contributed by atoms with Crippen LogP contribution in [0.5, 0.6) is 0 Å². The van der Waals surface area contributed by atoms with Crippen molar-refractivity contribution in [3.63, 3.8) is 0 Å². The lowest BCUT2D eigenvalue weighted by Crippen LogP contribution is -2.60. The quantitative estimate of drug-likeness (QED) is 0.764. The Morgan fingerprint density at radius 1 is 1.19 bits per heavy atom. The molecule has 0 aromatic carbocycles. The molecule has 2 unspecified atom stereocenters. The van der Waals surface area contributed by atoms with E-state index in [0.29, 0.717) is 18.7 Å². The minimum atomic E-state index is -0.419. The van der Waals surface area contributed by atoms with Crippen molar-refractivity contribution in [1.82, 2.24) is 10.2 Å². The highest BCUT2D eigenvalue weighted by Gasteiger charge is 2.48. The highest BCUT2D eigenvalue weighted by atomic mass is 16.5. The van der Waals surface area contributed by atoms with Crippen LogP contribution < -0.4 is 5.32 Å². The number of ether oxygens (including phenoxy) is 1. The summed E-state index contributed by atoms with van der Waals surface area (Å²) in [7, 11) is 2.26. The van der Waals surface area contributed by atoms with Crippen molar-refractivity contribution >= 4 is 5.97 Å². The summed E-state index contributed by atoms with van der Waals surface area (Å²) >= 11 is 0. The Hall–Kier alpha value is -0.610. The van der Waals surface area contributed by atoms with Gasteiger partial charge in [0, 0.05) is 18.1 Å². The van der Waals surface area contributed by atoms with Crippen molar-refractivity contribution < 1.29 is 9.53 Å². The van der Waals surface area contributed by atoms with Crippen LogP contribution in [-0.4, -0.2) is 48.2 Å². The summed E-state index contributed by atoms with van der Waals surface area (Å²) in [6.45, 7) is 2.39. The Morgan fingerprint density at radius 3 is 2.48 bits per heavy atom. The molecule has 4 nitrogen and oxygen atoms in total. The van der Waals surface area contributed by atoms with E-state index >= 15 is 0 Å². The number of nitrogens with one attached hydrogen (secondary N) is 1. The SMILES string of the molecule is CCOC(=O)C1(NC2CC2)CCCC(N(C)C2CCC2)C1. The van der Waals surface area contributed by atoms with Gasteiger partial charge in [0.25, 0.3) is 0 Å². The van der Waals surface area contributed by atoms with Crippen molar-refractivity contribution in [2.45, 2.75) is 88.4 Å². The van der Waals surface area contributed by atoms with E-state index in [1.807, 2.05) is 6.92 Å². The van der Waals surface area contributed by atoms with E-state index in [2.05, 4.69) is 17.3 Å². The molecule has 0 radical (unpaired) electrons. The molecule has 0 saturated heterocycles. The minimum absolute atomic E-state index is 0.0105. The summed E-state index contributed by atoms with van der Waals surface area (Å²) < 4.78 is 5.42. The second kappa shape index (κ2) is 6.25. The first-order chi connectivity index (χ1) is 10.1. The van der Waals surface area contributed by atoms with Gasteiger partial charge in [0.1, 0.15) is 5.54 Å². The molecule has 1 N–H and O–H groups in total. The number of esters is 1. The van der Waals surface area contributed by atoms with Crippen LogP contribution >= 0.6 is 0 Å². The molecule has 3 aliphatic rings. The molecule has 0 heterocycles. The molecular formula is C17H30N2O2. The maximum atomic E-state index is 12.6. The number of nitrogens with zero attached hydrogens (tertiary/aromatic N) is 1. The average molecular weight is 294 g/mol. The zero-order valence-electron chi connectivity index (χ0n) is 13.6.